The highest BCUT2D eigenvalue weighted by Gasteiger charge is 2.26. The number of hydrogen-bond acceptors (Lipinski definition) is 5. The molecule has 0 saturated carbocycles. The average molecular weight is 265 g/mol. The molecule has 2 rings (SSSR count). The minimum atomic E-state index is -0.456. The fourth-order valence-electron chi connectivity index (χ4n) is 2.16. The second-order valence-electron chi connectivity index (χ2n) is 4.26. The van der Waals surface area contributed by atoms with Crippen LogP contribution in [0.4, 0.5) is 5.69 Å². The van der Waals surface area contributed by atoms with Crippen LogP contribution in [0.3, 0.4) is 0 Å². The number of nitro groups is 1. The highest BCUT2D eigenvalue weighted by molar-refractivity contribution is 5.70. The predicted octanol–water partition coefficient (Wildman–Crippen LogP) is 2.16. The number of ether oxygens (including phenoxy) is 2. The van der Waals surface area contributed by atoms with Crippen molar-refractivity contribution in [1.82, 2.24) is 0 Å². The Bertz CT molecular complexity index is 500. The lowest BCUT2D eigenvalue weighted by Crippen LogP contribution is -2.20. The maximum atomic E-state index is 11.5. The van der Waals surface area contributed by atoms with E-state index in [9.17, 15) is 14.9 Å². The normalized spacial score (nSPS) is 17.6. The Balaban J connectivity index is 2.24. The van der Waals surface area contributed by atoms with Gasteiger partial charge in [0.15, 0.2) is 0 Å². The van der Waals surface area contributed by atoms with Gasteiger partial charge in [0.1, 0.15) is 0 Å². The molecular weight excluding hydrogens is 250 g/mol. The second-order valence-corrected chi connectivity index (χ2v) is 4.26. The Morgan fingerprint density at radius 1 is 1.58 bits per heavy atom. The second kappa shape index (κ2) is 5.79. The van der Waals surface area contributed by atoms with Crippen LogP contribution in [-0.2, 0) is 20.7 Å². The molecule has 0 bridgehead atoms. The molecule has 0 fully saturated rings. The fraction of sp³-hybridized carbons (Fsp3) is 0.462. The summed E-state index contributed by atoms with van der Waals surface area (Å²) in [5.74, 6) is -0.355. The molecule has 1 aromatic carbocycles. The smallest absolute Gasteiger partial charge is 0.308 e. The zero-order valence-corrected chi connectivity index (χ0v) is 10.6. The van der Waals surface area contributed by atoms with Crippen molar-refractivity contribution in [3.8, 4) is 0 Å². The van der Waals surface area contributed by atoms with E-state index in [0.29, 0.717) is 25.2 Å². The highest BCUT2D eigenvalue weighted by atomic mass is 16.6. The van der Waals surface area contributed by atoms with E-state index < -0.39 is 11.0 Å². The summed E-state index contributed by atoms with van der Waals surface area (Å²) in [4.78, 5) is 21.8. The molecule has 0 amide bonds. The van der Waals surface area contributed by atoms with Gasteiger partial charge < -0.3 is 9.47 Å². The predicted molar refractivity (Wildman–Crippen MR) is 66.7 cm³/mol. The van der Waals surface area contributed by atoms with E-state index in [1.54, 1.807) is 13.0 Å². The number of carbonyl (C=O) groups excluding carboxylic acids is 1. The SMILES string of the molecule is CCOC(=O)CC1OCCc2ccc([N+](=O)[O-])cc21. The molecule has 1 aromatic rings. The maximum Gasteiger partial charge on any atom is 0.308 e. The van der Waals surface area contributed by atoms with E-state index in [1.165, 1.54) is 12.1 Å². The van der Waals surface area contributed by atoms with Crippen molar-refractivity contribution >= 4 is 11.7 Å². The van der Waals surface area contributed by atoms with Gasteiger partial charge in [-0.3, -0.25) is 14.9 Å². The number of fused-ring (bicyclic) bond motifs is 1. The van der Waals surface area contributed by atoms with Gasteiger partial charge >= 0.3 is 5.97 Å². The third-order valence-corrected chi connectivity index (χ3v) is 3.03. The minimum Gasteiger partial charge on any atom is -0.466 e. The molecule has 0 aromatic heterocycles. The number of carbonyl (C=O) groups is 1. The molecule has 1 aliphatic rings. The van der Waals surface area contributed by atoms with E-state index in [2.05, 4.69) is 0 Å². The molecule has 1 atom stereocenters. The summed E-state index contributed by atoms with van der Waals surface area (Å²) in [5, 5.41) is 10.8. The molecule has 1 heterocycles. The number of non-ortho nitro benzene ring substituents is 1. The first-order valence-electron chi connectivity index (χ1n) is 6.16. The van der Waals surface area contributed by atoms with Crippen molar-refractivity contribution in [2.75, 3.05) is 13.2 Å². The van der Waals surface area contributed by atoms with E-state index in [4.69, 9.17) is 9.47 Å². The van der Waals surface area contributed by atoms with Crippen molar-refractivity contribution in [2.45, 2.75) is 25.9 Å². The van der Waals surface area contributed by atoms with Gasteiger partial charge in [-0.15, -0.1) is 0 Å². The Kier molecular flexibility index (Phi) is 4.11. The van der Waals surface area contributed by atoms with E-state index in [-0.39, 0.29) is 18.1 Å². The summed E-state index contributed by atoms with van der Waals surface area (Å²) in [6.45, 7) is 2.56. The van der Waals surface area contributed by atoms with Crippen LogP contribution in [0.2, 0.25) is 0 Å². The highest BCUT2D eigenvalue weighted by Crippen LogP contribution is 2.32. The molecule has 0 spiro atoms. The molecule has 6 nitrogen and oxygen atoms in total. The number of hydrogen-bond donors (Lipinski definition) is 0. The van der Waals surface area contributed by atoms with Crippen LogP contribution < -0.4 is 0 Å². The summed E-state index contributed by atoms with van der Waals surface area (Å²) in [7, 11) is 0. The average Bonchev–Trinajstić information content (AvgIpc) is 2.38. The number of rotatable bonds is 4. The number of benzene rings is 1. The Morgan fingerprint density at radius 2 is 2.37 bits per heavy atom. The molecule has 0 saturated heterocycles. The number of nitro benzene ring substituents is 1. The van der Waals surface area contributed by atoms with Gasteiger partial charge in [-0.05, 0) is 24.5 Å². The fourth-order valence-corrected chi connectivity index (χ4v) is 2.16. The lowest BCUT2D eigenvalue weighted by molar-refractivity contribution is -0.385. The number of esters is 1. The Hall–Kier alpha value is -1.95. The summed E-state index contributed by atoms with van der Waals surface area (Å²) < 4.78 is 10.4. The van der Waals surface area contributed by atoms with Gasteiger partial charge in [-0.25, -0.2) is 0 Å². The topological polar surface area (TPSA) is 78.7 Å². The lowest BCUT2D eigenvalue weighted by Gasteiger charge is -2.25. The van der Waals surface area contributed by atoms with Crippen molar-refractivity contribution < 1.29 is 19.2 Å². The van der Waals surface area contributed by atoms with Gasteiger partial charge in [-0.1, -0.05) is 6.07 Å². The summed E-state index contributed by atoms with van der Waals surface area (Å²) in [6.07, 6.45) is 0.331. The zero-order chi connectivity index (χ0) is 13.8. The first kappa shape index (κ1) is 13.5. The third-order valence-electron chi connectivity index (χ3n) is 3.03. The third kappa shape index (κ3) is 3.08. The van der Waals surface area contributed by atoms with Crippen LogP contribution in [0, 0.1) is 10.1 Å². The van der Waals surface area contributed by atoms with Crippen molar-refractivity contribution in [2.24, 2.45) is 0 Å². The Labute approximate surface area is 110 Å². The van der Waals surface area contributed by atoms with Crippen molar-refractivity contribution in [3.63, 3.8) is 0 Å². The van der Waals surface area contributed by atoms with Crippen LogP contribution in [0.1, 0.15) is 30.6 Å². The zero-order valence-electron chi connectivity index (χ0n) is 10.6. The molecule has 0 radical (unpaired) electrons. The molecule has 102 valence electrons. The molecule has 0 aliphatic carbocycles. The van der Waals surface area contributed by atoms with Gasteiger partial charge in [-0.2, -0.15) is 0 Å². The molecule has 19 heavy (non-hydrogen) atoms. The van der Waals surface area contributed by atoms with Crippen LogP contribution >= 0.6 is 0 Å². The van der Waals surface area contributed by atoms with E-state index >= 15 is 0 Å². The summed E-state index contributed by atoms with van der Waals surface area (Å²) in [6, 6.07) is 4.69. The van der Waals surface area contributed by atoms with Crippen molar-refractivity contribution in [1.29, 1.82) is 0 Å². The van der Waals surface area contributed by atoms with Crippen LogP contribution in [0.25, 0.3) is 0 Å². The Morgan fingerprint density at radius 3 is 3.05 bits per heavy atom. The molecular formula is C13H15NO5. The van der Waals surface area contributed by atoms with Gasteiger partial charge in [0.2, 0.25) is 0 Å². The molecule has 1 unspecified atom stereocenters. The van der Waals surface area contributed by atoms with Gasteiger partial charge in [0, 0.05) is 12.1 Å². The largest absolute Gasteiger partial charge is 0.466 e. The van der Waals surface area contributed by atoms with E-state index in [1.807, 2.05) is 0 Å². The van der Waals surface area contributed by atoms with Crippen LogP contribution in [-0.4, -0.2) is 24.1 Å². The first-order valence-corrected chi connectivity index (χ1v) is 6.16. The maximum absolute atomic E-state index is 11.5. The lowest BCUT2D eigenvalue weighted by atomic mass is 9.95. The summed E-state index contributed by atoms with van der Waals surface area (Å²) in [5.41, 5.74) is 1.72. The van der Waals surface area contributed by atoms with Gasteiger partial charge in [0.25, 0.3) is 5.69 Å². The molecule has 1 aliphatic heterocycles. The first-order chi connectivity index (χ1) is 9.11. The van der Waals surface area contributed by atoms with Crippen molar-refractivity contribution in [3.05, 3.63) is 39.4 Å². The quantitative estimate of drug-likeness (QED) is 0.473. The van der Waals surface area contributed by atoms with Gasteiger partial charge in [0.05, 0.1) is 30.7 Å². The van der Waals surface area contributed by atoms with E-state index in [0.717, 1.165) is 5.56 Å². The monoisotopic (exact) mass is 265 g/mol. The number of nitrogens with zero attached hydrogens (tertiary/aromatic N) is 1. The standard InChI is InChI=1S/C13H15NO5/c1-2-18-13(15)8-12-11-7-10(14(16)17)4-3-9(11)5-6-19-12/h3-4,7,12H,2,5-6,8H2,1H3. The summed E-state index contributed by atoms with van der Waals surface area (Å²) >= 11 is 0. The van der Waals surface area contributed by atoms with Crippen LogP contribution in [0.15, 0.2) is 18.2 Å². The van der Waals surface area contributed by atoms with Crippen LogP contribution in [0.5, 0.6) is 0 Å². The minimum absolute atomic E-state index is 0.0121. The molecule has 6 heteroatoms. The molecule has 0 N–H and O–H groups in total.